The monoisotopic (exact) mass is 235 g/mol. The molecule has 1 saturated heterocycles. The molecule has 0 aliphatic carbocycles. The van der Waals surface area contributed by atoms with Gasteiger partial charge in [0.2, 0.25) is 0 Å². The highest BCUT2D eigenvalue weighted by molar-refractivity contribution is 5.17. The van der Waals surface area contributed by atoms with Gasteiger partial charge >= 0.3 is 0 Å². The minimum atomic E-state index is 0.0786. The predicted octanol–water partition coefficient (Wildman–Crippen LogP) is 0.784. The predicted molar refractivity (Wildman–Crippen MR) is 67.4 cm³/mol. The van der Waals surface area contributed by atoms with E-state index >= 15 is 0 Å². The van der Waals surface area contributed by atoms with E-state index in [1.165, 1.54) is 5.56 Å². The van der Waals surface area contributed by atoms with Gasteiger partial charge in [0.1, 0.15) is 0 Å². The number of aliphatic hydroxyl groups excluding tert-OH is 1. The molecule has 2 rings (SSSR count). The van der Waals surface area contributed by atoms with Crippen molar-refractivity contribution in [2.45, 2.75) is 25.4 Å². The maximum atomic E-state index is 9.21. The van der Waals surface area contributed by atoms with Crippen LogP contribution in [0.3, 0.4) is 0 Å². The van der Waals surface area contributed by atoms with Gasteiger partial charge in [-0.1, -0.05) is 0 Å². The largest absolute Gasteiger partial charge is 0.396 e. The van der Waals surface area contributed by atoms with Crippen LogP contribution in [0.5, 0.6) is 0 Å². The van der Waals surface area contributed by atoms with Gasteiger partial charge in [-0.15, -0.1) is 0 Å². The first-order chi connectivity index (χ1) is 8.22. The topological polar surface area (TPSA) is 62.4 Å². The standard InChI is InChI=1S/C13H21N3O/c1-10(14)13(12-2-5-15-6-3-12)16-7-4-11(8-16)9-17/h2-3,5-6,10-11,13,17H,4,7-9,14H2,1H3. The summed E-state index contributed by atoms with van der Waals surface area (Å²) >= 11 is 0. The Bertz CT molecular complexity index is 342. The van der Waals surface area contributed by atoms with Gasteiger partial charge < -0.3 is 10.8 Å². The fourth-order valence-corrected chi connectivity index (χ4v) is 2.67. The van der Waals surface area contributed by atoms with Crippen molar-refractivity contribution < 1.29 is 5.11 Å². The van der Waals surface area contributed by atoms with Crippen molar-refractivity contribution in [3.63, 3.8) is 0 Å². The Hall–Kier alpha value is -0.970. The molecule has 17 heavy (non-hydrogen) atoms. The number of aliphatic hydroxyl groups is 1. The highest BCUT2D eigenvalue weighted by atomic mass is 16.3. The van der Waals surface area contributed by atoms with Gasteiger partial charge in [0.25, 0.3) is 0 Å². The van der Waals surface area contributed by atoms with Gasteiger partial charge in [0, 0.05) is 37.6 Å². The molecule has 0 spiro atoms. The Labute approximate surface area is 102 Å². The molecule has 0 radical (unpaired) electrons. The summed E-state index contributed by atoms with van der Waals surface area (Å²) in [5, 5.41) is 9.21. The third-order valence-corrected chi connectivity index (χ3v) is 3.51. The van der Waals surface area contributed by atoms with Crippen LogP contribution in [-0.2, 0) is 0 Å². The van der Waals surface area contributed by atoms with Gasteiger partial charge in [0.15, 0.2) is 0 Å². The van der Waals surface area contributed by atoms with E-state index in [-0.39, 0.29) is 18.7 Å². The Morgan fingerprint density at radius 2 is 2.24 bits per heavy atom. The molecule has 4 nitrogen and oxygen atoms in total. The Kier molecular flexibility index (Phi) is 4.10. The Morgan fingerprint density at radius 3 is 2.76 bits per heavy atom. The zero-order valence-electron chi connectivity index (χ0n) is 10.3. The number of nitrogens with two attached hydrogens (primary N) is 1. The first-order valence-electron chi connectivity index (χ1n) is 6.22. The van der Waals surface area contributed by atoms with Crippen molar-refractivity contribution in [1.29, 1.82) is 0 Å². The van der Waals surface area contributed by atoms with E-state index in [4.69, 9.17) is 5.73 Å². The molecule has 3 atom stereocenters. The average Bonchev–Trinajstić information content (AvgIpc) is 2.79. The van der Waals surface area contributed by atoms with Crippen LogP contribution < -0.4 is 5.73 Å². The molecule has 1 aromatic rings. The number of nitrogens with zero attached hydrogens (tertiary/aromatic N) is 2. The van der Waals surface area contributed by atoms with Crippen molar-refractivity contribution in [1.82, 2.24) is 9.88 Å². The van der Waals surface area contributed by atoms with E-state index in [0.29, 0.717) is 5.92 Å². The summed E-state index contributed by atoms with van der Waals surface area (Å²) in [6.07, 6.45) is 4.68. The van der Waals surface area contributed by atoms with Crippen LogP contribution in [0.15, 0.2) is 24.5 Å². The van der Waals surface area contributed by atoms with E-state index in [1.807, 2.05) is 31.5 Å². The molecule has 3 N–H and O–H groups in total. The lowest BCUT2D eigenvalue weighted by Crippen LogP contribution is -2.38. The molecule has 2 heterocycles. The van der Waals surface area contributed by atoms with Gasteiger partial charge in [-0.25, -0.2) is 0 Å². The second kappa shape index (κ2) is 5.58. The normalized spacial score (nSPS) is 24.8. The third-order valence-electron chi connectivity index (χ3n) is 3.51. The molecule has 0 amide bonds. The molecule has 1 aromatic heterocycles. The average molecular weight is 235 g/mol. The number of likely N-dealkylation sites (tertiary alicyclic amines) is 1. The van der Waals surface area contributed by atoms with Gasteiger partial charge in [0.05, 0.1) is 0 Å². The molecule has 1 aliphatic rings. The van der Waals surface area contributed by atoms with Gasteiger partial charge in [-0.05, 0) is 43.5 Å². The summed E-state index contributed by atoms with van der Waals surface area (Å²) in [5.41, 5.74) is 7.33. The number of aromatic nitrogens is 1. The number of hydrogen-bond acceptors (Lipinski definition) is 4. The second-order valence-corrected chi connectivity index (χ2v) is 4.92. The molecule has 94 valence electrons. The SMILES string of the molecule is CC(N)C(c1ccncc1)N1CCC(CO)C1. The minimum absolute atomic E-state index is 0.0786. The molecular formula is C13H21N3O. The van der Waals surface area contributed by atoms with Crippen LogP contribution in [0.1, 0.15) is 24.9 Å². The van der Waals surface area contributed by atoms with E-state index in [0.717, 1.165) is 19.5 Å². The third kappa shape index (κ3) is 2.83. The molecule has 0 bridgehead atoms. The summed E-state index contributed by atoms with van der Waals surface area (Å²) < 4.78 is 0. The molecule has 1 aliphatic heterocycles. The van der Waals surface area contributed by atoms with E-state index in [1.54, 1.807) is 0 Å². The number of hydrogen-bond donors (Lipinski definition) is 2. The molecule has 3 unspecified atom stereocenters. The van der Waals surface area contributed by atoms with E-state index in [9.17, 15) is 5.11 Å². The lowest BCUT2D eigenvalue weighted by atomic mass is 10.0. The van der Waals surface area contributed by atoms with Crippen molar-refractivity contribution in [3.8, 4) is 0 Å². The molecule has 4 heteroatoms. The molecule has 1 fully saturated rings. The zero-order valence-corrected chi connectivity index (χ0v) is 10.3. The van der Waals surface area contributed by atoms with Crippen LogP contribution >= 0.6 is 0 Å². The summed E-state index contributed by atoms with van der Waals surface area (Å²) in [5.74, 6) is 0.401. The highest BCUT2D eigenvalue weighted by Gasteiger charge is 2.30. The summed E-state index contributed by atoms with van der Waals surface area (Å²) in [6.45, 7) is 4.26. The van der Waals surface area contributed by atoms with Crippen LogP contribution in [-0.4, -0.2) is 40.7 Å². The fourth-order valence-electron chi connectivity index (χ4n) is 2.67. The second-order valence-electron chi connectivity index (χ2n) is 4.92. The summed E-state index contributed by atoms with van der Waals surface area (Å²) in [7, 11) is 0. The van der Waals surface area contributed by atoms with Crippen molar-refractivity contribution >= 4 is 0 Å². The first-order valence-corrected chi connectivity index (χ1v) is 6.22. The maximum absolute atomic E-state index is 9.21. The Morgan fingerprint density at radius 1 is 1.53 bits per heavy atom. The number of pyridine rings is 1. The van der Waals surface area contributed by atoms with Crippen LogP contribution in [0.25, 0.3) is 0 Å². The highest BCUT2D eigenvalue weighted by Crippen LogP contribution is 2.29. The summed E-state index contributed by atoms with van der Waals surface area (Å²) in [6, 6.07) is 4.37. The van der Waals surface area contributed by atoms with Crippen molar-refractivity contribution in [2.75, 3.05) is 19.7 Å². The molecule has 0 aromatic carbocycles. The van der Waals surface area contributed by atoms with Crippen molar-refractivity contribution in [2.24, 2.45) is 11.7 Å². The van der Waals surface area contributed by atoms with Gasteiger partial charge in [-0.2, -0.15) is 0 Å². The number of rotatable bonds is 4. The van der Waals surface area contributed by atoms with Crippen molar-refractivity contribution in [3.05, 3.63) is 30.1 Å². The van der Waals surface area contributed by atoms with Gasteiger partial charge in [-0.3, -0.25) is 9.88 Å². The van der Waals surface area contributed by atoms with Crippen LogP contribution in [0.4, 0.5) is 0 Å². The van der Waals surface area contributed by atoms with E-state index < -0.39 is 0 Å². The van der Waals surface area contributed by atoms with Crippen LogP contribution in [0, 0.1) is 5.92 Å². The smallest absolute Gasteiger partial charge is 0.0497 e. The first kappa shape index (κ1) is 12.5. The lowest BCUT2D eigenvalue weighted by Gasteiger charge is -2.31. The molecular weight excluding hydrogens is 214 g/mol. The quantitative estimate of drug-likeness (QED) is 0.809. The maximum Gasteiger partial charge on any atom is 0.0497 e. The zero-order chi connectivity index (χ0) is 12.3. The summed E-state index contributed by atoms with van der Waals surface area (Å²) in [4.78, 5) is 6.42. The Balaban J connectivity index is 2.14. The minimum Gasteiger partial charge on any atom is -0.396 e. The van der Waals surface area contributed by atoms with E-state index in [2.05, 4.69) is 9.88 Å². The fraction of sp³-hybridized carbons (Fsp3) is 0.615. The molecule has 0 saturated carbocycles. The van der Waals surface area contributed by atoms with Crippen LogP contribution in [0.2, 0.25) is 0 Å². The lowest BCUT2D eigenvalue weighted by molar-refractivity contribution is 0.185.